The second-order valence-electron chi connectivity index (χ2n) is 4.56. The van der Waals surface area contributed by atoms with E-state index in [0.717, 1.165) is 12.1 Å². The normalized spacial score (nSPS) is 12.6. The van der Waals surface area contributed by atoms with Gasteiger partial charge in [-0.15, -0.1) is 0 Å². The molecule has 0 amide bonds. The van der Waals surface area contributed by atoms with Crippen molar-refractivity contribution in [2.24, 2.45) is 0 Å². The van der Waals surface area contributed by atoms with E-state index in [4.69, 9.17) is 9.47 Å². The van der Waals surface area contributed by atoms with Gasteiger partial charge in [0.25, 0.3) is 0 Å². The van der Waals surface area contributed by atoms with Crippen LogP contribution in [0.1, 0.15) is 25.3 Å². The highest BCUT2D eigenvalue weighted by atomic mass is 16.5. The lowest BCUT2D eigenvalue weighted by Crippen LogP contribution is -2.29. The second kappa shape index (κ2) is 7.24. The molecular weight excluding hydrogens is 230 g/mol. The van der Waals surface area contributed by atoms with Crippen LogP contribution < -0.4 is 14.8 Å². The molecular formula is C14H23NO3. The van der Waals surface area contributed by atoms with Crippen molar-refractivity contribution < 1.29 is 14.6 Å². The number of hydrogen-bond donors (Lipinski definition) is 2. The maximum absolute atomic E-state index is 9.47. The number of nitrogens with one attached hydrogen (secondary N) is 1. The Morgan fingerprint density at radius 1 is 1.17 bits per heavy atom. The molecule has 2 N–H and O–H groups in total. The Labute approximate surface area is 109 Å². The van der Waals surface area contributed by atoms with Crippen LogP contribution in [0.2, 0.25) is 0 Å². The lowest BCUT2D eigenvalue weighted by Gasteiger charge is -2.19. The molecule has 0 heterocycles. The molecule has 1 aromatic rings. The summed E-state index contributed by atoms with van der Waals surface area (Å²) in [6, 6.07) is 6.15. The first-order chi connectivity index (χ1) is 8.62. The van der Waals surface area contributed by atoms with Crippen molar-refractivity contribution in [3.8, 4) is 11.5 Å². The van der Waals surface area contributed by atoms with Crippen LogP contribution in [0.4, 0.5) is 0 Å². The van der Waals surface area contributed by atoms with E-state index in [1.165, 1.54) is 0 Å². The van der Waals surface area contributed by atoms with Gasteiger partial charge in [-0.05, 0) is 17.7 Å². The smallest absolute Gasteiger partial charge is 0.160 e. The van der Waals surface area contributed by atoms with Gasteiger partial charge in [-0.1, -0.05) is 19.9 Å². The molecule has 1 atom stereocenters. The number of aliphatic hydroxyl groups excluding tert-OH is 1. The first kappa shape index (κ1) is 14.8. The van der Waals surface area contributed by atoms with Crippen LogP contribution in [0, 0.1) is 0 Å². The van der Waals surface area contributed by atoms with Crippen molar-refractivity contribution in [1.82, 2.24) is 5.32 Å². The number of aliphatic hydroxyl groups is 1. The number of benzene rings is 1. The first-order valence-electron chi connectivity index (χ1n) is 6.18. The predicted molar refractivity (Wildman–Crippen MR) is 72.5 cm³/mol. The predicted octanol–water partition coefficient (Wildman–Crippen LogP) is 1.78. The van der Waals surface area contributed by atoms with Crippen molar-refractivity contribution >= 4 is 0 Å². The average Bonchev–Trinajstić information content (AvgIpc) is 2.38. The van der Waals surface area contributed by atoms with Crippen molar-refractivity contribution in [2.75, 3.05) is 27.4 Å². The zero-order valence-electron chi connectivity index (χ0n) is 11.6. The summed E-state index contributed by atoms with van der Waals surface area (Å²) >= 11 is 0. The van der Waals surface area contributed by atoms with Crippen LogP contribution in [0.3, 0.4) is 0 Å². The second-order valence-corrected chi connectivity index (χ2v) is 4.56. The van der Waals surface area contributed by atoms with Gasteiger partial charge in [0.05, 0.1) is 20.8 Å². The van der Waals surface area contributed by atoms with E-state index in [-0.39, 0.29) is 12.5 Å². The van der Waals surface area contributed by atoms with E-state index in [1.54, 1.807) is 14.2 Å². The van der Waals surface area contributed by atoms with Crippen LogP contribution in [0.15, 0.2) is 18.2 Å². The zero-order chi connectivity index (χ0) is 13.5. The molecule has 0 aromatic heterocycles. The van der Waals surface area contributed by atoms with Crippen LogP contribution >= 0.6 is 0 Å². The van der Waals surface area contributed by atoms with Crippen LogP contribution in [-0.4, -0.2) is 38.5 Å². The molecule has 0 radical (unpaired) electrons. The highest BCUT2D eigenvalue weighted by Crippen LogP contribution is 2.30. The fourth-order valence-corrected chi connectivity index (χ4v) is 1.77. The van der Waals surface area contributed by atoms with Gasteiger partial charge in [-0.3, -0.25) is 0 Å². The van der Waals surface area contributed by atoms with E-state index in [0.29, 0.717) is 17.5 Å². The Morgan fingerprint density at radius 2 is 1.83 bits per heavy atom. The number of ether oxygens (including phenoxy) is 2. The van der Waals surface area contributed by atoms with E-state index in [9.17, 15) is 5.11 Å². The third-order valence-electron chi connectivity index (χ3n) is 2.87. The average molecular weight is 253 g/mol. The summed E-state index contributed by atoms with van der Waals surface area (Å²) in [5.41, 5.74) is 1.04. The summed E-state index contributed by atoms with van der Waals surface area (Å²) in [5.74, 6) is 1.46. The maximum atomic E-state index is 9.47. The summed E-state index contributed by atoms with van der Waals surface area (Å²) in [6.45, 7) is 5.02. The SMILES string of the molecule is COc1ccc(C(CO)CNC(C)C)cc1OC. The molecule has 0 aliphatic carbocycles. The van der Waals surface area contributed by atoms with Crippen molar-refractivity contribution in [2.45, 2.75) is 25.8 Å². The third kappa shape index (κ3) is 3.89. The maximum Gasteiger partial charge on any atom is 0.160 e. The van der Waals surface area contributed by atoms with Crippen LogP contribution in [0.25, 0.3) is 0 Å². The minimum Gasteiger partial charge on any atom is -0.493 e. The largest absolute Gasteiger partial charge is 0.493 e. The first-order valence-corrected chi connectivity index (χ1v) is 6.18. The van der Waals surface area contributed by atoms with Gasteiger partial charge in [-0.25, -0.2) is 0 Å². The van der Waals surface area contributed by atoms with Gasteiger partial charge in [0, 0.05) is 18.5 Å². The minimum absolute atomic E-state index is 0.0622. The van der Waals surface area contributed by atoms with Gasteiger partial charge in [-0.2, -0.15) is 0 Å². The molecule has 0 aliphatic heterocycles. The zero-order valence-corrected chi connectivity index (χ0v) is 11.6. The summed E-state index contributed by atoms with van der Waals surface area (Å²) in [7, 11) is 3.23. The molecule has 0 bridgehead atoms. The Kier molecular flexibility index (Phi) is 5.95. The molecule has 1 unspecified atom stereocenters. The van der Waals surface area contributed by atoms with Crippen LogP contribution in [0.5, 0.6) is 11.5 Å². The fraction of sp³-hybridized carbons (Fsp3) is 0.571. The summed E-state index contributed by atoms with van der Waals surface area (Å²) in [4.78, 5) is 0. The molecule has 18 heavy (non-hydrogen) atoms. The molecule has 0 aliphatic rings. The lowest BCUT2D eigenvalue weighted by atomic mass is 9.99. The molecule has 102 valence electrons. The van der Waals surface area contributed by atoms with Crippen molar-refractivity contribution in [3.05, 3.63) is 23.8 Å². The Balaban J connectivity index is 2.85. The lowest BCUT2D eigenvalue weighted by molar-refractivity contribution is 0.259. The molecule has 0 saturated heterocycles. The van der Waals surface area contributed by atoms with Gasteiger partial charge in [0.1, 0.15) is 0 Å². The fourth-order valence-electron chi connectivity index (χ4n) is 1.77. The molecule has 0 fully saturated rings. The topological polar surface area (TPSA) is 50.7 Å². The Bertz CT molecular complexity index is 366. The molecule has 0 spiro atoms. The van der Waals surface area contributed by atoms with Gasteiger partial charge in [0.15, 0.2) is 11.5 Å². The van der Waals surface area contributed by atoms with E-state index in [2.05, 4.69) is 19.2 Å². The summed E-state index contributed by atoms with van der Waals surface area (Å²) in [6.07, 6.45) is 0. The van der Waals surface area contributed by atoms with Gasteiger partial charge >= 0.3 is 0 Å². The molecule has 4 heteroatoms. The molecule has 1 rings (SSSR count). The van der Waals surface area contributed by atoms with Gasteiger partial charge in [0.2, 0.25) is 0 Å². The molecule has 4 nitrogen and oxygen atoms in total. The van der Waals surface area contributed by atoms with E-state index in [1.807, 2.05) is 18.2 Å². The monoisotopic (exact) mass is 253 g/mol. The van der Waals surface area contributed by atoms with E-state index >= 15 is 0 Å². The van der Waals surface area contributed by atoms with Crippen LogP contribution in [-0.2, 0) is 0 Å². The number of rotatable bonds is 7. The van der Waals surface area contributed by atoms with Crippen molar-refractivity contribution in [1.29, 1.82) is 0 Å². The Morgan fingerprint density at radius 3 is 2.33 bits per heavy atom. The minimum atomic E-state index is 0.0622. The number of hydrogen-bond acceptors (Lipinski definition) is 4. The van der Waals surface area contributed by atoms with Gasteiger partial charge < -0.3 is 19.9 Å². The highest BCUT2D eigenvalue weighted by molar-refractivity contribution is 5.44. The highest BCUT2D eigenvalue weighted by Gasteiger charge is 2.13. The van der Waals surface area contributed by atoms with E-state index < -0.39 is 0 Å². The third-order valence-corrected chi connectivity index (χ3v) is 2.87. The Hall–Kier alpha value is -1.26. The summed E-state index contributed by atoms with van der Waals surface area (Å²) in [5, 5.41) is 12.8. The molecule has 1 aromatic carbocycles. The quantitative estimate of drug-likeness (QED) is 0.777. The van der Waals surface area contributed by atoms with Crippen molar-refractivity contribution in [3.63, 3.8) is 0 Å². The summed E-state index contributed by atoms with van der Waals surface area (Å²) < 4.78 is 10.5. The standard InChI is InChI=1S/C14H23NO3/c1-10(2)15-8-12(9-16)11-5-6-13(17-3)14(7-11)18-4/h5-7,10,12,15-16H,8-9H2,1-4H3. The number of methoxy groups -OCH3 is 2. The molecule has 0 saturated carbocycles.